The zero-order valence-corrected chi connectivity index (χ0v) is 10.7. The van der Waals surface area contributed by atoms with Crippen molar-refractivity contribution < 1.29 is 26.4 Å². The standard InChI is InChI=1S/C7H12N2O6S2/c1-16(12,13)2-3-17(14,15)9-4-6(10)8-7(11)5-9/h2-5H2,1H3,(H,8,10,11). The molecule has 0 unspecified atom stereocenters. The number of hydrogen-bond donors (Lipinski definition) is 1. The van der Waals surface area contributed by atoms with Gasteiger partial charge in [0.15, 0.2) is 0 Å². The van der Waals surface area contributed by atoms with Gasteiger partial charge in [0, 0.05) is 6.26 Å². The summed E-state index contributed by atoms with van der Waals surface area (Å²) < 4.78 is 45.7. The van der Waals surface area contributed by atoms with Crippen LogP contribution >= 0.6 is 0 Å². The molecule has 0 atom stereocenters. The van der Waals surface area contributed by atoms with Crippen molar-refractivity contribution >= 4 is 31.7 Å². The molecule has 8 nitrogen and oxygen atoms in total. The first-order chi connectivity index (χ1) is 7.60. The SMILES string of the molecule is CS(=O)(=O)CCS(=O)(=O)N1CC(=O)NC(=O)C1. The van der Waals surface area contributed by atoms with Gasteiger partial charge in [0.1, 0.15) is 9.84 Å². The highest BCUT2D eigenvalue weighted by atomic mass is 32.2. The summed E-state index contributed by atoms with van der Waals surface area (Å²) in [5, 5.41) is 1.95. The van der Waals surface area contributed by atoms with E-state index >= 15 is 0 Å². The number of nitrogens with one attached hydrogen (secondary N) is 1. The van der Waals surface area contributed by atoms with Crippen LogP contribution in [0.15, 0.2) is 0 Å². The van der Waals surface area contributed by atoms with Crippen LogP contribution in [0.4, 0.5) is 0 Å². The molecule has 0 aromatic heterocycles. The zero-order chi connectivity index (χ0) is 13.3. The van der Waals surface area contributed by atoms with Crippen LogP contribution in [0.2, 0.25) is 0 Å². The third-order valence-corrected chi connectivity index (χ3v) is 4.99. The number of piperazine rings is 1. The molecule has 1 saturated heterocycles. The summed E-state index contributed by atoms with van der Waals surface area (Å²) in [6.45, 7) is -0.921. The zero-order valence-electron chi connectivity index (χ0n) is 9.04. The molecule has 0 radical (unpaired) electrons. The summed E-state index contributed by atoms with van der Waals surface area (Å²) in [5.41, 5.74) is 0. The Kier molecular flexibility index (Phi) is 3.89. The van der Waals surface area contributed by atoms with E-state index in [1.807, 2.05) is 5.32 Å². The summed E-state index contributed by atoms with van der Waals surface area (Å²) in [6.07, 6.45) is 0.913. The van der Waals surface area contributed by atoms with Gasteiger partial charge >= 0.3 is 0 Å². The monoisotopic (exact) mass is 284 g/mol. The van der Waals surface area contributed by atoms with E-state index in [2.05, 4.69) is 0 Å². The molecule has 10 heteroatoms. The molecule has 1 heterocycles. The van der Waals surface area contributed by atoms with E-state index in [9.17, 15) is 26.4 Å². The maximum absolute atomic E-state index is 11.7. The third kappa shape index (κ3) is 4.40. The quantitative estimate of drug-likeness (QED) is 0.562. The Morgan fingerprint density at radius 1 is 1.06 bits per heavy atom. The predicted octanol–water partition coefficient (Wildman–Crippen LogP) is -2.68. The molecular formula is C7H12N2O6S2. The third-order valence-electron chi connectivity index (χ3n) is 2.02. The average Bonchev–Trinajstić information content (AvgIpc) is 2.12. The van der Waals surface area contributed by atoms with Gasteiger partial charge in [0.05, 0.1) is 24.6 Å². The number of sulfonamides is 1. The van der Waals surface area contributed by atoms with Gasteiger partial charge in [-0.2, -0.15) is 4.31 Å². The van der Waals surface area contributed by atoms with Gasteiger partial charge in [-0.25, -0.2) is 16.8 Å². The van der Waals surface area contributed by atoms with Crippen LogP contribution in [0.25, 0.3) is 0 Å². The van der Waals surface area contributed by atoms with Crippen molar-refractivity contribution in [2.45, 2.75) is 0 Å². The Labute approximate surface area is 98.9 Å². The molecule has 0 bridgehead atoms. The van der Waals surface area contributed by atoms with Crippen LogP contribution in [0.3, 0.4) is 0 Å². The minimum absolute atomic E-state index is 0.460. The molecule has 0 aromatic rings. The topological polar surface area (TPSA) is 118 Å². The van der Waals surface area contributed by atoms with Gasteiger partial charge < -0.3 is 0 Å². The van der Waals surface area contributed by atoms with Crippen molar-refractivity contribution in [3.63, 3.8) is 0 Å². The molecular weight excluding hydrogens is 272 g/mol. The molecule has 1 aliphatic heterocycles. The highest BCUT2D eigenvalue weighted by Crippen LogP contribution is 2.05. The Balaban J connectivity index is 2.77. The second-order valence-electron chi connectivity index (χ2n) is 3.69. The lowest BCUT2D eigenvalue weighted by Gasteiger charge is -2.24. The number of amides is 2. The van der Waals surface area contributed by atoms with Crippen LogP contribution in [0.5, 0.6) is 0 Å². The Bertz CT molecular complexity index is 519. The highest BCUT2D eigenvalue weighted by molar-refractivity contribution is 7.93. The van der Waals surface area contributed by atoms with Crippen LogP contribution in [-0.4, -0.2) is 63.8 Å². The van der Waals surface area contributed by atoms with E-state index in [-0.39, 0.29) is 0 Å². The summed E-state index contributed by atoms with van der Waals surface area (Å²) in [5.74, 6) is -2.61. The molecule has 1 fully saturated rings. The van der Waals surface area contributed by atoms with Crippen molar-refractivity contribution in [2.24, 2.45) is 0 Å². The van der Waals surface area contributed by atoms with E-state index in [1.54, 1.807) is 0 Å². The van der Waals surface area contributed by atoms with E-state index in [0.717, 1.165) is 6.26 Å². The molecule has 2 amide bonds. The predicted molar refractivity (Wildman–Crippen MR) is 58.2 cm³/mol. The fraction of sp³-hybridized carbons (Fsp3) is 0.714. The first-order valence-corrected chi connectivity index (χ1v) is 8.25. The molecule has 0 saturated carbocycles. The molecule has 1 rings (SSSR count). The van der Waals surface area contributed by atoms with Crippen molar-refractivity contribution in [1.82, 2.24) is 9.62 Å². The number of imide groups is 1. The number of carbonyl (C=O) groups is 2. The maximum Gasteiger partial charge on any atom is 0.241 e. The van der Waals surface area contributed by atoms with Gasteiger partial charge in [0.25, 0.3) is 0 Å². The maximum atomic E-state index is 11.7. The summed E-state index contributed by atoms with van der Waals surface area (Å²) >= 11 is 0. The minimum Gasteiger partial charge on any atom is -0.294 e. The number of carbonyl (C=O) groups excluding carboxylic acids is 2. The number of rotatable bonds is 4. The van der Waals surface area contributed by atoms with E-state index in [4.69, 9.17) is 0 Å². The van der Waals surface area contributed by atoms with Gasteiger partial charge in [0.2, 0.25) is 21.8 Å². The smallest absolute Gasteiger partial charge is 0.241 e. The molecule has 1 aliphatic rings. The second-order valence-corrected chi connectivity index (χ2v) is 8.03. The van der Waals surface area contributed by atoms with Crippen molar-refractivity contribution in [3.8, 4) is 0 Å². The molecule has 0 aliphatic carbocycles. The van der Waals surface area contributed by atoms with E-state index in [0.29, 0.717) is 4.31 Å². The number of nitrogens with zero attached hydrogens (tertiary/aromatic N) is 1. The summed E-state index contributed by atoms with van der Waals surface area (Å²) in [4.78, 5) is 22.0. The Morgan fingerprint density at radius 2 is 1.53 bits per heavy atom. The summed E-state index contributed by atoms with van der Waals surface area (Å²) in [6, 6.07) is 0. The van der Waals surface area contributed by atoms with Gasteiger partial charge in [-0.3, -0.25) is 14.9 Å². The average molecular weight is 284 g/mol. The van der Waals surface area contributed by atoms with E-state index in [1.165, 1.54) is 0 Å². The lowest BCUT2D eigenvalue weighted by molar-refractivity contribution is -0.134. The highest BCUT2D eigenvalue weighted by Gasteiger charge is 2.31. The largest absolute Gasteiger partial charge is 0.294 e. The fourth-order valence-electron chi connectivity index (χ4n) is 1.19. The lowest BCUT2D eigenvalue weighted by atomic mass is 10.4. The molecule has 1 N–H and O–H groups in total. The fourth-order valence-corrected chi connectivity index (χ4v) is 4.13. The van der Waals surface area contributed by atoms with E-state index < -0.39 is 56.3 Å². The van der Waals surface area contributed by atoms with Crippen molar-refractivity contribution in [1.29, 1.82) is 0 Å². The Morgan fingerprint density at radius 3 is 1.94 bits per heavy atom. The Hall–Kier alpha value is -1.00. The second kappa shape index (κ2) is 4.70. The molecule has 98 valence electrons. The van der Waals surface area contributed by atoms with Crippen LogP contribution < -0.4 is 5.32 Å². The minimum atomic E-state index is -3.91. The van der Waals surface area contributed by atoms with Crippen LogP contribution in [0, 0.1) is 0 Å². The first kappa shape index (κ1) is 14.1. The molecule has 0 aromatic carbocycles. The van der Waals surface area contributed by atoms with Crippen LogP contribution in [0.1, 0.15) is 0 Å². The molecule has 17 heavy (non-hydrogen) atoms. The summed E-state index contributed by atoms with van der Waals surface area (Å²) in [7, 11) is -7.32. The lowest BCUT2D eigenvalue weighted by Crippen LogP contribution is -2.54. The van der Waals surface area contributed by atoms with Crippen LogP contribution in [-0.2, 0) is 29.4 Å². The van der Waals surface area contributed by atoms with Crippen molar-refractivity contribution in [2.75, 3.05) is 30.9 Å². The van der Waals surface area contributed by atoms with Gasteiger partial charge in [-0.15, -0.1) is 0 Å². The number of hydrogen-bond acceptors (Lipinski definition) is 6. The van der Waals surface area contributed by atoms with Gasteiger partial charge in [-0.1, -0.05) is 0 Å². The van der Waals surface area contributed by atoms with Crippen molar-refractivity contribution in [3.05, 3.63) is 0 Å². The van der Waals surface area contributed by atoms with Gasteiger partial charge in [-0.05, 0) is 0 Å². The first-order valence-electron chi connectivity index (χ1n) is 4.58. The molecule has 0 spiro atoms. The number of sulfone groups is 1. The normalized spacial score (nSPS) is 19.1.